The molecule has 9 heteroatoms. The van der Waals surface area contributed by atoms with Crippen LogP contribution in [0.15, 0.2) is 66.4 Å². The number of hydrogen-bond donors (Lipinski definition) is 1. The maximum Gasteiger partial charge on any atom is 0.282 e. The highest BCUT2D eigenvalue weighted by molar-refractivity contribution is 6.46. The van der Waals surface area contributed by atoms with Gasteiger partial charge in [-0.05, 0) is 48.0 Å². The highest BCUT2D eigenvalue weighted by Crippen LogP contribution is 2.36. The fourth-order valence-corrected chi connectivity index (χ4v) is 3.55. The van der Waals surface area contributed by atoms with Gasteiger partial charge in [0.25, 0.3) is 11.8 Å². The number of carbonyl (C=O) groups excluding carboxylic acids is 2. The number of carbonyl (C=O) groups is 2. The Bertz CT molecular complexity index is 1280. The van der Waals surface area contributed by atoms with Crippen molar-refractivity contribution in [2.24, 2.45) is 0 Å². The van der Waals surface area contributed by atoms with E-state index >= 15 is 0 Å². The highest BCUT2D eigenvalue weighted by atomic mass is 35.5. The van der Waals surface area contributed by atoms with E-state index in [1.807, 2.05) is 0 Å². The molecule has 5 nitrogen and oxygen atoms in total. The molecule has 0 aromatic heterocycles. The van der Waals surface area contributed by atoms with E-state index in [9.17, 15) is 22.8 Å². The summed E-state index contributed by atoms with van der Waals surface area (Å²) in [7, 11) is 1.44. The van der Waals surface area contributed by atoms with Gasteiger partial charge in [-0.25, -0.2) is 18.1 Å². The standard InChI is InChI=1S/C23H14ClF3N2O3/c1-32-19-9-7-15(11-16(19)24)28-21-20(12-2-4-13(25)5-3-12)22(30)29(23(21)31)18-10-14(26)6-8-17(18)27/h2-11,28H,1H3. The van der Waals surface area contributed by atoms with E-state index in [0.717, 1.165) is 30.3 Å². The monoisotopic (exact) mass is 458 g/mol. The Hall–Kier alpha value is -3.78. The van der Waals surface area contributed by atoms with Crippen LogP contribution in [-0.4, -0.2) is 18.9 Å². The van der Waals surface area contributed by atoms with E-state index in [-0.39, 0.29) is 21.9 Å². The number of ether oxygens (including phenoxy) is 1. The normalized spacial score (nSPS) is 13.7. The zero-order chi connectivity index (χ0) is 23.0. The minimum Gasteiger partial charge on any atom is -0.495 e. The average molecular weight is 459 g/mol. The van der Waals surface area contributed by atoms with E-state index in [0.29, 0.717) is 16.3 Å². The average Bonchev–Trinajstić information content (AvgIpc) is 3.00. The van der Waals surface area contributed by atoms with Crippen molar-refractivity contribution in [2.45, 2.75) is 0 Å². The molecule has 0 unspecified atom stereocenters. The molecule has 3 aromatic carbocycles. The van der Waals surface area contributed by atoms with Crippen LogP contribution in [0.4, 0.5) is 24.5 Å². The highest BCUT2D eigenvalue weighted by Gasteiger charge is 2.41. The smallest absolute Gasteiger partial charge is 0.282 e. The molecule has 3 aromatic rings. The third-order valence-electron chi connectivity index (χ3n) is 4.79. The van der Waals surface area contributed by atoms with Crippen LogP contribution < -0.4 is 15.0 Å². The molecule has 4 rings (SSSR count). The van der Waals surface area contributed by atoms with Gasteiger partial charge in [-0.3, -0.25) is 9.59 Å². The molecule has 0 radical (unpaired) electrons. The third-order valence-corrected chi connectivity index (χ3v) is 5.08. The van der Waals surface area contributed by atoms with Crippen molar-refractivity contribution in [3.8, 4) is 5.75 Å². The minimum atomic E-state index is -0.958. The molecule has 1 aliphatic heterocycles. The lowest BCUT2D eigenvalue weighted by atomic mass is 10.0. The summed E-state index contributed by atoms with van der Waals surface area (Å²) in [4.78, 5) is 27.0. The zero-order valence-electron chi connectivity index (χ0n) is 16.5. The van der Waals surface area contributed by atoms with Gasteiger partial charge in [0, 0.05) is 11.8 Å². The fourth-order valence-electron chi connectivity index (χ4n) is 3.29. The lowest BCUT2D eigenvalue weighted by Crippen LogP contribution is -2.33. The number of halogens is 4. The van der Waals surface area contributed by atoms with E-state index in [2.05, 4.69) is 5.32 Å². The fraction of sp³-hybridized carbons (Fsp3) is 0.0435. The molecular weight excluding hydrogens is 445 g/mol. The van der Waals surface area contributed by atoms with Crippen LogP contribution in [0.25, 0.3) is 5.57 Å². The Kier molecular flexibility index (Phi) is 5.63. The minimum absolute atomic E-state index is 0.134. The first-order chi connectivity index (χ1) is 15.3. The largest absolute Gasteiger partial charge is 0.495 e. The topological polar surface area (TPSA) is 58.6 Å². The number of benzene rings is 3. The van der Waals surface area contributed by atoms with Gasteiger partial charge < -0.3 is 10.1 Å². The first-order valence-electron chi connectivity index (χ1n) is 9.24. The van der Waals surface area contributed by atoms with Crippen LogP contribution >= 0.6 is 11.6 Å². The van der Waals surface area contributed by atoms with Gasteiger partial charge in [0.2, 0.25) is 0 Å². The van der Waals surface area contributed by atoms with Gasteiger partial charge in [-0.15, -0.1) is 0 Å². The summed E-state index contributed by atoms with van der Waals surface area (Å²) < 4.78 is 46.7. The molecule has 0 aliphatic carbocycles. The second-order valence-electron chi connectivity index (χ2n) is 6.77. The number of imide groups is 1. The Morgan fingerprint density at radius 3 is 2.22 bits per heavy atom. The van der Waals surface area contributed by atoms with Gasteiger partial charge in [-0.2, -0.15) is 0 Å². The lowest BCUT2D eigenvalue weighted by Gasteiger charge is -2.16. The molecule has 0 fully saturated rings. The van der Waals surface area contributed by atoms with Gasteiger partial charge in [0.1, 0.15) is 28.9 Å². The molecule has 32 heavy (non-hydrogen) atoms. The summed E-state index contributed by atoms with van der Waals surface area (Å²) in [6, 6.07) is 11.9. The van der Waals surface area contributed by atoms with Crippen LogP contribution in [-0.2, 0) is 9.59 Å². The van der Waals surface area contributed by atoms with Crippen molar-refractivity contribution >= 4 is 40.4 Å². The van der Waals surface area contributed by atoms with E-state index < -0.39 is 35.0 Å². The number of methoxy groups -OCH3 is 1. The second-order valence-corrected chi connectivity index (χ2v) is 7.18. The summed E-state index contributed by atoms with van der Waals surface area (Å²) >= 11 is 6.14. The lowest BCUT2D eigenvalue weighted by molar-refractivity contribution is -0.120. The summed E-state index contributed by atoms with van der Waals surface area (Å²) in [6.07, 6.45) is 0. The van der Waals surface area contributed by atoms with E-state index in [4.69, 9.17) is 16.3 Å². The van der Waals surface area contributed by atoms with Crippen molar-refractivity contribution in [2.75, 3.05) is 17.3 Å². The van der Waals surface area contributed by atoms with Gasteiger partial charge >= 0.3 is 0 Å². The number of nitrogens with one attached hydrogen (secondary N) is 1. The predicted octanol–water partition coefficient (Wildman–Crippen LogP) is 5.16. The molecule has 1 aliphatic rings. The Balaban J connectivity index is 1.84. The molecule has 0 spiro atoms. The van der Waals surface area contributed by atoms with Crippen LogP contribution in [0.1, 0.15) is 5.56 Å². The third kappa shape index (κ3) is 3.80. The van der Waals surface area contributed by atoms with Crippen molar-refractivity contribution in [3.05, 3.63) is 94.4 Å². The molecule has 2 amide bonds. The number of hydrogen-bond acceptors (Lipinski definition) is 4. The number of amides is 2. The summed E-state index contributed by atoms with van der Waals surface area (Å²) in [5.74, 6) is -3.74. The first kappa shape index (κ1) is 21.5. The van der Waals surface area contributed by atoms with Gasteiger partial charge in [0.15, 0.2) is 0 Å². The Morgan fingerprint density at radius 1 is 0.875 bits per heavy atom. The number of rotatable bonds is 5. The van der Waals surface area contributed by atoms with Gasteiger partial charge in [0.05, 0.1) is 23.4 Å². The van der Waals surface area contributed by atoms with Crippen molar-refractivity contribution < 1.29 is 27.5 Å². The molecular formula is C23H14ClF3N2O3. The maximum absolute atomic E-state index is 14.4. The van der Waals surface area contributed by atoms with E-state index in [1.165, 1.54) is 25.3 Å². The second kappa shape index (κ2) is 8.39. The Labute approximate surface area is 185 Å². The Morgan fingerprint density at radius 2 is 1.56 bits per heavy atom. The molecule has 162 valence electrons. The predicted molar refractivity (Wildman–Crippen MR) is 114 cm³/mol. The maximum atomic E-state index is 14.4. The van der Waals surface area contributed by atoms with Crippen molar-refractivity contribution in [1.82, 2.24) is 0 Å². The van der Waals surface area contributed by atoms with Crippen molar-refractivity contribution in [1.29, 1.82) is 0 Å². The SMILES string of the molecule is COc1ccc(NC2=C(c3ccc(F)cc3)C(=O)N(c3cc(F)ccc3F)C2=O)cc1Cl. The van der Waals surface area contributed by atoms with Gasteiger partial charge in [-0.1, -0.05) is 23.7 Å². The van der Waals surface area contributed by atoms with E-state index in [1.54, 1.807) is 12.1 Å². The first-order valence-corrected chi connectivity index (χ1v) is 9.62. The number of nitrogens with zero attached hydrogens (tertiary/aromatic N) is 1. The summed E-state index contributed by atoms with van der Waals surface area (Å²) in [5, 5.41) is 3.07. The zero-order valence-corrected chi connectivity index (χ0v) is 17.2. The summed E-state index contributed by atoms with van der Waals surface area (Å²) in [5.41, 5.74) is -0.319. The number of anilines is 2. The molecule has 1 N–H and O–H groups in total. The molecule has 0 saturated carbocycles. The van der Waals surface area contributed by atoms with Crippen LogP contribution in [0.2, 0.25) is 5.02 Å². The van der Waals surface area contributed by atoms with Crippen LogP contribution in [0.5, 0.6) is 5.75 Å². The molecule has 0 saturated heterocycles. The van der Waals surface area contributed by atoms with Crippen molar-refractivity contribution in [3.63, 3.8) is 0 Å². The molecule has 1 heterocycles. The quantitative estimate of drug-likeness (QED) is 0.536. The molecule has 0 atom stereocenters. The van der Waals surface area contributed by atoms with Crippen LogP contribution in [0, 0.1) is 17.5 Å². The molecule has 0 bridgehead atoms. The summed E-state index contributed by atoms with van der Waals surface area (Å²) in [6.45, 7) is 0. The van der Waals surface area contributed by atoms with Crippen LogP contribution in [0.3, 0.4) is 0 Å².